The van der Waals surface area contributed by atoms with E-state index in [0.717, 1.165) is 0 Å². The minimum Gasteiger partial charge on any atom is -0.479 e. The van der Waals surface area contributed by atoms with Gasteiger partial charge in [-0.15, -0.1) is 0 Å². The normalized spacial score (nSPS) is 53.5. The largest absolute Gasteiger partial charge is 0.479 e. The van der Waals surface area contributed by atoms with Crippen LogP contribution in [0.4, 0.5) is 0 Å². The molecule has 17 nitrogen and oxygen atoms in total. The molecule has 254 valence electrons. The van der Waals surface area contributed by atoms with E-state index in [0.29, 0.717) is 19.3 Å². The first-order chi connectivity index (χ1) is 20.8. The van der Waals surface area contributed by atoms with Crippen LogP contribution < -0.4 is 0 Å². The summed E-state index contributed by atoms with van der Waals surface area (Å²) in [6.07, 6.45) is -22.1. The molecule has 3 aliphatic heterocycles. The maximum absolute atomic E-state index is 11.6. The number of aliphatic hydroxyl groups excluding tert-OH is 10. The van der Waals surface area contributed by atoms with Crippen LogP contribution >= 0.6 is 0 Å². The Bertz CT molecular complexity index is 973. The molecule has 0 spiro atoms. The number of fused-ring (bicyclic) bond motifs is 1. The molecule has 5 aliphatic rings. The van der Waals surface area contributed by atoms with Crippen molar-refractivity contribution in [2.24, 2.45) is 11.8 Å². The van der Waals surface area contributed by atoms with E-state index in [1.807, 2.05) is 0 Å². The first-order valence-electron chi connectivity index (χ1n) is 15.1. The van der Waals surface area contributed by atoms with E-state index in [1.165, 1.54) is 0 Å². The molecule has 2 saturated carbocycles. The summed E-state index contributed by atoms with van der Waals surface area (Å²) in [5, 5.41) is 113. The highest BCUT2D eigenvalue weighted by Crippen LogP contribution is 2.42. The summed E-state index contributed by atoms with van der Waals surface area (Å²) in [7, 11) is 0. The van der Waals surface area contributed by atoms with Crippen LogP contribution in [0.25, 0.3) is 0 Å². The van der Waals surface area contributed by atoms with E-state index in [9.17, 15) is 61.0 Å². The van der Waals surface area contributed by atoms with E-state index >= 15 is 0 Å². The number of rotatable bonds is 7. The molecule has 0 aromatic carbocycles. The van der Waals surface area contributed by atoms with Crippen molar-refractivity contribution in [3.8, 4) is 0 Å². The molecule has 5 fully saturated rings. The Morgan fingerprint density at radius 1 is 0.727 bits per heavy atom. The van der Waals surface area contributed by atoms with Crippen molar-refractivity contribution >= 4 is 5.97 Å². The van der Waals surface area contributed by atoms with Crippen LogP contribution in [0.1, 0.15) is 38.5 Å². The van der Waals surface area contributed by atoms with Gasteiger partial charge in [-0.3, -0.25) is 0 Å². The first-order valence-corrected chi connectivity index (χ1v) is 15.1. The van der Waals surface area contributed by atoms with E-state index in [2.05, 4.69) is 0 Å². The second-order valence-corrected chi connectivity index (χ2v) is 12.7. The van der Waals surface area contributed by atoms with Gasteiger partial charge >= 0.3 is 5.97 Å². The highest BCUT2D eigenvalue weighted by Gasteiger charge is 2.56. The molecule has 3 heterocycles. The number of ether oxygens (including phenoxy) is 5. The van der Waals surface area contributed by atoms with Crippen molar-refractivity contribution in [3.63, 3.8) is 0 Å². The van der Waals surface area contributed by atoms with Crippen LogP contribution in [0.3, 0.4) is 0 Å². The van der Waals surface area contributed by atoms with Gasteiger partial charge in [0.05, 0.1) is 36.9 Å². The van der Waals surface area contributed by atoms with Gasteiger partial charge in [-0.2, -0.15) is 0 Å². The molecule has 17 heteroatoms. The van der Waals surface area contributed by atoms with Gasteiger partial charge in [-0.05, 0) is 25.7 Å². The van der Waals surface area contributed by atoms with Crippen LogP contribution in [0, 0.1) is 11.8 Å². The van der Waals surface area contributed by atoms with Crippen LogP contribution in [-0.4, -0.2) is 178 Å². The van der Waals surface area contributed by atoms with Gasteiger partial charge in [-0.25, -0.2) is 4.79 Å². The van der Waals surface area contributed by atoms with Crippen molar-refractivity contribution < 1.29 is 84.7 Å². The summed E-state index contributed by atoms with van der Waals surface area (Å²) in [6, 6.07) is 0. The predicted octanol–water partition coefficient (Wildman–Crippen LogP) is -5.59. The first kappa shape index (κ1) is 34.2. The van der Waals surface area contributed by atoms with Gasteiger partial charge in [0.25, 0.3) is 0 Å². The highest BCUT2D eigenvalue weighted by atomic mass is 16.8. The second-order valence-electron chi connectivity index (χ2n) is 12.7. The number of carboxylic acids is 1. The monoisotopic (exact) mass is 641 g/mol. The molecule has 0 aromatic heterocycles. The Morgan fingerprint density at radius 3 is 2.11 bits per heavy atom. The lowest BCUT2D eigenvalue weighted by atomic mass is 9.72. The van der Waals surface area contributed by atoms with E-state index < -0.39 is 123 Å². The third-order valence-electron chi connectivity index (χ3n) is 9.81. The summed E-state index contributed by atoms with van der Waals surface area (Å²) >= 11 is 0. The molecule has 19 atom stereocenters. The van der Waals surface area contributed by atoms with Crippen LogP contribution in [0.2, 0.25) is 0 Å². The summed E-state index contributed by atoms with van der Waals surface area (Å²) in [5.74, 6) is -2.38. The summed E-state index contributed by atoms with van der Waals surface area (Å²) < 4.78 is 27.9. The van der Waals surface area contributed by atoms with Crippen LogP contribution in [0.5, 0.6) is 0 Å². The summed E-state index contributed by atoms with van der Waals surface area (Å²) in [6.45, 7) is -0.744. The fourth-order valence-electron chi connectivity index (χ4n) is 7.31. The summed E-state index contributed by atoms with van der Waals surface area (Å²) in [4.78, 5) is 11.6. The zero-order valence-electron chi connectivity index (χ0n) is 23.8. The van der Waals surface area contributed by atoms with Gasteiger partial charge in [0, 0.05) is 18.8 Å². The third-order valence-corrected chi connectivity index (χ3v) is 9.81. The lowest BCUT2D eigenvalue weighted by Crippen LogP contribution is -2.66. The Balaban J connectivity index is 1.41. The topological polar surface area (TPSA) is 289 Å². The molecule has 2 aliphatic carbocycles. The van der Waals surface area contributed by atoms with Gasteiger partial charge in [-0.1, -0.05) is 0 Å². The quantitative estimate of drug-likeness (QED) is 0.116. The standard InChI is InChI=1S/C27H44O17/c28-7-16-17(33)19(35)24(44-26-21(37)18(34)20(36)23(43-26)25(38)39)27(42-16)41-15-6-10-12(31)4-9(29)5-14(10)40-22(15)8-1-2-11(30)13(32)3-8/h8-24,26-37H,1-7H2,(H,38,39)/p+1. The van der Waals surface area contributed by atoms with Crippen LogP contribution in [0.15, 0.2) is 0 Å². The molecule has 0 radical (unpaired) electrons. The van der Waals surface area contributed by atoms with E-state index in [-0.39, 0.29) is 25.2 Å². The molecule has 19 unspecified atom stereocenters. The third kappa shape index (κ3) is 6.78. The Kier molecular flexibility index (Phi) is 10.8. The second kappa shape index (κ2) is 13.9. The molecule has 0 aromatic rings. The van der Waals surface area contributed by atoms with Crippen molar-refractivity contribution in [3.05, 3.63) is 0 Å². The zero-order chi connectivity index (χ0) is 32.0. The highest BCUT2D eigenvalue weighted by molar-refractivity contribution is 5.73. The number of carbonyl (C=O) groups is 1. The Morgan fingerprint density at radius 2 is 1.45 bits per heavy atom. The molecule has 5 rings (SSSR count). The van der Waals surface area contributed by atoms with Crippen molar-refractivity contribution in [1.29, 1.82) is 0 Å². The molecule has 0 amide bonds. The fraction of sp³-hybridized carbons (Fsp3) is 0.963. The maximum atomic E-state index is 11.6. The number of aliphatic hydroxyl groups is 12. The molecular formula is C27H45O17+. The van der Waals surface area contributed by atoms with E-state index in [1.54, 1.807) is 0 Å². The number of aliphatic carboxylic acids is 1. The number of hydrogen-bond donors (Lipinski definition) is 11. The van der Waals surface area contributed by atoms with Crippen molar-refractivity contribution in [2.75, 3.05) is 6.61 Å². The molecule has 12 N–H and O–H groups in total. The lowest BCUT2D eigenvalue weighted by molar-refractivity contribution is -0.385. The van der Waals surface area contributed by atoms with E-state index in [4.69, 9.17) is 23.7 Å². The van der Waals surface area contributed by atoms with Gasteiger partial charge in [0.2, 0.25) is 0 Å². The maximum Gasteiger partial charge on any atom is 0.335 e. The van der Waals surface area contributed by atoms with Gasteiger partial charge < -0.3 is 79.9 Å². The van der Waals surface area contributed by atoms with Crippen molar-refractivity contribution in [1.82, 2.24) is 0 Å². The molecule has 44 heavy (non-hydrogen) atoms. The Hall–Kier alpha value is -1.13. The van der Waals surface area contributed by atoms with Crippen LogP contribution in [-0.2, 0) is 23.7 Å². The minimum atomic E-state index is -2.01. The minimum absolute atomic E-state index is 0.126. The van der Waals surface area contributed by atoms with Crippen molar-refractivity contribution in [2.45, 2.75) is 143 Å². The molecule has 0 bridgehead atoms. The molecule has 3 saturated heterocycles. The lowest BCUT2D eigenvalue weighted by Gasteiger charge is -2.49. The number of carboxylic acid groups (broad SMARTS) is 1. The van der Waals surface area contributed by atoms with Gasteiger partial charge in [0.1, 0.15) is 48.8 Å². The zero-order valence-corrected chi connectivity index (χ0v) is 23.8. The average Bonchev–Trinajstić information content (AvgIpc) is 2.97. The fourth-order valence-corrected chi connectivity index (χ4v) is 7.31. The SMILES string of the molecule is O=C(O)C1OC(OC2C(OC3CC4C(O)CC(O)CC4[OH+]C3C3CCC(O)C(O)C3)OC(CO)C(O)C2O)C(O)C(O)C1O. The Labute approximate surface area is 252 Å². The number of hydrogen-bond acceptors (Lipinski definition) is 15. The average molecular weight is 642 g/mol. The smallest absolute Gasteiger partial charge is 0.335 e. The molecular weight excluding hydrogens is 596 g/mol. The summed E-state index contributed by atoms with van der Waals surface area (Å²) in [5.41, 5.74) is 0. The predicted molar refractivity (Wildman–Crippen MR) is 140 cm³/mol. The van der Waals surface area contributed by atoms with Gasteiger partial charge in [0.15, 0.2) is 30.9 Å².